The zero-order valence-corrected chi connectivity index (χ0v) is 13.9. The zero-order valence-electron chi connectivity index (χ0n) is 13.1. The van der Waals surface area contributed by atoms with E-state index in [1.807, 2.05) is 0 Å². The number of aliphatic hydroxyl groups is 1. The molecule has 1 rings (SSSR count). The Labute approximate surface area is 135 Å². The molecule has 0 aromatic heterocycles. The van der Waals surface area contributed by atoms with Gasteiger partial charge in [0, 0.05) is 32.0 Å². The minimum atomic E-state index is -3.84. The van der Waals surface area contributed by atoms with Crippen LogP contribution in [0.1, 0.15) is 23.7 Å². The Balaban J connectivity index is 3.04. The normalized spacial score (nSPS) is 12.8. The summed E-state index contributed by atoms with van der Waals surface area (Å²) in [7, 11) is -2.38. The fraction of sp³-hybridized carbons (Fsp3) is 0.500. The number of hydrogen-bond acceptors (Lipinski definition) is 6. The Morgan fingerprint density at radius 2 is 2.09 bits per heavy atom. The van der Waals surface area contributed by atoms with Crippen LogP contribution in [0.25, 0.3) is 0 Å². The van der Waals surface area contributed by atoms with Crippen LogP contribution in [-0.2, 0) is 14.8 Å². The van der Waals surface area contributed by atoms with Gasteiger partial charge < -0.3 is 20.3 Å². The number of aromatic carboxylic acids is 1. The largest absolute Gasteiger partial charge is 0.478 e. The van der Waals surface area contributed by atoms with Crippen LogP contribution in [-0.4, -0.2) is 57.5 Å². The maximum Gasteiger partial charge on any atom is 0.337 e. The number of carboxylic acid groups (broad SMARTS) is 1. The summed E-state index contributed by atoms with van der Waals surface area (Å²) in [5.41, 5.74) is 0.153. The van der Waals surface area contributed by atoms with Crippen LogP contribution in [0.4, 0.5) is 5.69 Å². The summed E-state index contributed by atoms with van der Waals surface area (Å²) in [6.45, 7) is 2.20. The van der Waals surface area contributed by atoms with E-state index in [4.69, 9.17) is 9.84 Å². The Morgan fingerprint density at radius 1 is 1.39 bits per heavy atom. The molecule has 0 heterocycles. The minimum absolute atomic E-state index is 0.0246. The highest BCUT2D eigenvalue weighted by Crippen LogP contribution is 2.21. The van der Waals surface area contributed by atoms with E-state index < -0.39 is 22.0 Å². The summed E-state index contributed by atoms with van der Waals surface area (Å²) >= 11 is 0. The molecule has 1 atom stereocenters. The number of anilines is 1. The molecule has 0 aliphatic carbocycles. The molecular weight excluding hydrogens is 324 g/mol. The quantitative estimate of drug-likeness (QED) is 0.454. The van der Waals surface area contributed by atoms with Crippen molar-refractivity contribution in [3.05, 3.63) is 23.8 Å². The number of rotatable bonds is 10. The van der Waals surface area contributed by atoms with Crippen LogP contribution in [0.3, 0.4) is 0 Å². The molecule has 0 aliphatic heterocycles. The number of sulfonamides is 1. The molecule has 1 aromatic carbocycles. The number of carboxylic acids is 1. The van der Waals surface area contributed by atoms with Crippen molar-refractivity contribution < 1.29 is 28.2 Å². The van der Waals surface area contributed by atoms with E-state index in [0.29, 0.717) is 18.7 Å². The van der Waals surface area contributed by atoms with Crippen LogP contribution >= 0.6 is 0 Å². The van der Waals surface area contributed by atoms with Crippen molar-refractivity contribution in [2.24, 2.45) is 0 Å². The highest BCUT2D eigenvalue weighted by molar-refractivity contribution is 7.89. The van der Waals surface area contributed by atoms with Gasteiger partial charge in [0.05, 0.1) is 17.1 Å². The topological polar surface area (TPSA) is 125 Å². The standard InChI is InChI=1S/C14H22N2O6S/c1-10(9-22-2)16-23(20,21)11-4-5-13(15-6-3-7-17)12(8-11)14(18)19/h4-5,8,10,15-17H,3,6-7,9H2,1-2H3,(H,18,19)/t10-/m1/s1. The summed E-state index contributed by atoms with van der Waals surface area (Å²) in [5.74, 6) is -1.24. The maximum atomic E-state index is 12.3. The Kier molecular flexibility index (Phi) is 7.43. The molecule has 1 aromatic rings. The summed E-state index contributed by atoms with van der Waals surface area (Å²) in [4.78, 5) is 11.2. The molecule has 0 radical (unpaired) electrons. The predicted octanol–water partition coefficient (Wildman–Crippen LogP) is 0.492. The number of ether oxygens (including phenoxy) is 1. The summed E-state index contributed by atoms with van der Waals surface area (Å²) in [5, 5.41) is 20.9. The van der Waals surface area contributed by atoms with E-state index in [9.17, 15) is 18.3 Å². The van der Waals surface area contributed by atoms with Crippen molar-refractivity contribution in [1.29, 1.82) is 0 Å². The zero-order chi connectivity index (χ0) is 17.5. The molecule has 0 aliphatic rings. The molecule has 130 valence electrons. The van der Waals surface area contributed by atoms with E-state index in [1.165, 1.54) is 19.2 Å². The Bertz CT molecular complexity index is 632. The molecular formula is C14H22N2O6S. The van der Waals surface area contributed by atoms with E-state index in [1.54, 1.807) is 6.92 Å². The average molecular weight is 346 g/mol. The van der Waals surface area contributed by atoms with Gasteiger partial charge >= 0.3 is 5.97 Å². The van der Waals surface area contributed by atoms with Gasteiger partial charge in [-0.25, -0.2) is 17.9 Å². The van der Waals surface area contributed by atoms with Crippen molar-refractivity contribution in [3.8, 4) is 0 Å². The first-order valence-corrected chi connectivity index (χ1v) is 8.53. The summed E-state index contributed by atoms with van der Waals surface area (Å²) in [6, 6.07) is 3.39. The second-order valence-corrected chi connectivity index (χ2v) is 6.71. The van der Waals surface area contributed by atoms with Crippen molar-refractivity contribution >= 4 is 21.7 Å². The Hall–Kier alpha value is -1.68. The number of aliphatic hydroxyl groups excluding tert-OH is 1. The third kappa shape index (κ3) is 5.79. The first-order chi connectivity index (χ1) is 10.8. The lowest BCUT2D eigenvalue weighted by molar-refractivity contribution is 0.0697. The predicted molar refractivity (Wildman–Crippen MR) is 85.3 cm³/mol. The van der Waals surface area contributed by atoms with Crippen LogP contribution in [0.5, 0.6) is 0 Å². The van der Waals surface area contributed by atoms with E-state index in [-0.39, 0.29) is 23.7 Å². The molecule has 0 spiro atoms. The second kappa shape index (κ2) is 8.82. The van der Waals surface area contributed by atoms with Crippen LogP contribution < -0.4 is 10.0 Å². The van der Waals surface area contributed by atoms with Crippen LogP contribution in [0.15, 0.2) is 23.1 Å². The van der Waals surface area contributed by atoms with Gasteiger partial charge in [0.2, 0.25) is 10.0 Å². The number of nitrogens with one attached hydrogen (secondary N) is 2. The molecule has 0 bridgehead atoms. The van der Waals surface area contributed by atoms with Crippen LogP contribution in [0, 0.1) is 0 Å². The highest BCUT2D eigenvalue weighted by atomic mass is 32.2. The molecule has 4 N–H and O–H groups in total. The van der Waals surface area contributed by atoms with Crippen molar-refractivity contribution in [3.63, 3.8) is 0 Å². The molecule has 23 heavy (non-hydrogen) atoms. The molecule has 0 saturated carbocycles. The van der Waals surface area contributed by atoms with Gasteiger partial charge in [-0.2, -0.15) is 0 Å². The lowest BCUT2D eigenvalue weighted by Crippen LogP contribution is -2.35. The molecule has 0 fully saturated rings. The van der Waals surface area contributed by atoms with Gasteiger partial charge in [-0.15, -0.1) is 0 Å². The summed E-state index contributed by atoms with van der Waals surface area (Å²) < 4.78 is 31.8. The van der Waals surface area contributed by atoms with Gasteiger partial charge in [0.15, 0.2) is 0 Å². The minimum Gasteiger partial charge on any atom is -0.478 e. The van der Waals surface area contributed by atoms with E-state index >= 15 is 0 Å². The molecule has 0 saturated heterocycles. The van der Waals surface area contributed by atoms with E-state index in [2.05, 4.69) is 10.0 Å². The smallest absolute Gasteiger partial charge is 0.337 e. The lowest BCUT2D eigenvalue weighted by atomic mass is 10.2. The number of hydrogen-bond donors (Lipinski definition) is 4. The molecule has 0 amide bonds. The first kappa shape index (κ1) is 19.4. The number of benzene rings is 1. The second-order valence-electron chi connectivity index (χ2n) is 4.99. The van der Waals surface area contributed by atoms with Crippen molar-refractivity contribution in [2.45, 2.75) is 24.3 Å². The monoisotopic (exact) mass is 346 g/mol. The molecule has 9 heteroatoms. The lowest BCUT2D eigenvalue weighted by Gasteiger charge is -2.15. The first-order valence-electron chi connectivity index (χ1n) is 7.05. The third-order valence-electron chi connectivity index (χ3n) is 2.96. The average Bonchev–Trinajstić information content (AvgIpc) is 2.47. The Morgan fingerprint density at radius 3 is 2.65 bits per heavy atom. The molecule has 0 unspecified atom stereocenters. The SMILES string of the molecule is COC[C@@H](C)NS(=O)(=O)c1ccc(NCCCO)c(C(=O)O)c1. The fourth-order valence-corrected chi connectivity index (χ4v) is 3.19. The van der Waals surface area contributed by atoms with Crippen molar-refractivity contribution in [2.75, 3.05) is 32.2 Å². The maximum absolute atomic E-state index is 12.3. The van der Waals surface area contributed by atoms with Gasteiger partial charge in [-0.1, -0.05) is 0 Å². The third-order valence-corrected chi connectivity index (χ3v) is 4.54. The highest BCUT2D eigenvalue weighted by Gasteiger charge is 2.20. The van der Waals surface area contributed by atoms with Gasteiger partial charge in [0.25, 0.3) is 0 Å². The van der Waals surface area contributed by atoms with E-state index in [0.717, 1.165) is 6.07 Å². The number of carbonyl (C=O) groups is 1. The van der Waals surface area contributed by atoms with Gasteiger partial charge in [-0.05, 0) is 31.5 Å². The summed E-state index contributed by atoms with van der Waals surface area (Å²) in [6.07, 6.45) is 0.454. The van der Waals surface area contributed by atoms with Crippen LogP contribution in [0.2, 0.25) is 0 Å². The van der Waals surface area contributed by atoms with Crippen molar-refractivity contribution in [1.82, 2.24) is 4.72 Å². The fourth-order valence-electron chi connectivity index (χ4n) is 1.94. The van der Waals surface area contributed by atoms with Gasteiger partial charge in [-0.3, -0.25) is 0 Å². The number of methoxy groups -OCH3 is 1. The van der Waals surface area contributed by atoms with Gasteiger partial charge in [0.1, 0.15) is 0 Å². The molecule has 8 nitrogen and oxygen atoms in total.